The number of carbonyl (C=O) groups excluding carboxylic acids is 4. The number of nitrogens with one attached hydrogen (secondary N) is 3. The van der Waals surface area contributed by atoms with Crippen LogP contribution in [0.25, 0.3) is 0 Å². The van der Waals surface area contributed by atoms with E-state index in [9.17, 15) is 19.2 Å². The number of benzene rings is 4. The van der Waals surface area contributed by atoms with Crippen molar-refractivity contribution in [1.29, 1.82) is 0 Å². The number of hydrogen-bond acceptors (Lipinski definition) is 9. The van der Waals surface area contributed by atoms with Gasteiger partial charge in [0, 0.05) is 37.0 Å². The highest BCUT2D eigenvalue weighted by Crippen LogP contribution is 2.41. The Morgan fingerprint density at radius 2 is 1.29 bits per heavy atom. The van der Waals surface area contributed by atoms with Crippen LogP contribution in [0.1, 0.15) is 62.3 Å². The maximum absolute atomic E-state index is 13.2. The first kappa shape index (κ1) is 45.8. The molecular weight excluding hydrogens is 753 g/mol. The Labute approximate surface area is 347 Å². The lowest BCUT2D eigenvalue weighted by molar-refractivity contribution is -0.129. The average molecular weight is 811 g/mol. The molecule has 4 aromatic rings. The van der Waals surface area contributed by atoms with Crippen molar-refractivity contribution in [3.63, 3.8) is 0 Å². The molecule has 0 heterocycles. The van der Waals surface area contributed by atoms with Crippen LogP contribution in [0.4, 0.5) is 15.3 Å². The van der Waals surface area contributed by atoms with Gasteiger partial charge in [-0.2, -0.15) is 0 Å². The molecule has 0 bridgehead atoms. The summed E-state index contributed by atoms with van der Waals surface area (Å²) in [7, 11) is 3.26. The summed E-state index contributed by atoms with van der Waals surface area (Å²) in [5.74, 6) is 0.612. The SMILES string of the molecule is COc1ccc(C(OCCOCCNC(=O)OCc2ccc(NC(=O)[C@H](CCCNC(N)=O)CC(=O)[C@@H](C)C(C)C)cc2)(c2ccccc2)c2ccc(OC)cc2)cc1. The lowest BCUT2D eigenvalue weighted by Crippen LogP contribution is -2.34. The second-order valence-corrected chi connectivity index (χ2v) is 14.5. The molecule has 0 aliphatic heterocycles. The van der Waals surface area contributed by atoms with Crippen molar-refractivity contribution < 1.29 is 42.9 Å². The molecule has 4 amide bonds. The number of carbonyl (C=O) groups is 4. The summed E-state index contributed by atoms with van der Waals surface area (Å²) in [5.41, 5.74) is 8.22. The zero-order chi connectivity index (χ0) is 42.6. The van der Waals surface area contributed by atoms with Gasteiger partial charge in [-0.15, -0.1) is 0 Å². The number of amides is 4. The van der Waals surface area contributed by atoms with E-state index < -0.39 is 23.6 Å². The van der Waals surface area contributed by atoms with Crippen LogP contribution in [0.3, 0.4) is 0 Å². The van der Waals surface area contributed by atoms with Crippen molar-refractivity contribution in [1.82, 2.24) is 10.6 Å². The van der Waals surface area contributed by atoms with Crippen molar-refractivity contribution >= 4 is 29.5 Å². The van der Waals surface area contributed by atoms with Crippen LogP contribution in [0.15, 0.2) is 103 Å². The van der Waals surface area contributed by atoms with Crippen LogP contribution < -0.4 is 31.2 Å². The molecule has 0 saturated carbocycles. The summed E-state index contributed by atoms with van der Waals surface area (Å²) < 4.78 is 28.9. The van der Waals surface area contributed by atoms with Crippen molar-refractivity contribution in [3.05, 3.63) is 125 Å². The van der Waals surface area contributed by atoms with Gasteiger partial charge in [0.25, 0.3) is 0 Å². The zero-order valence-electron chi connectivity index (χ0n) is 34.7. The third-order valence-electron chi connectivity index (χ3n) is 10.2. The highest BCUT2D eigenvalue weighted by Gasteiger charge is 2.38. The molecule has 0 spiro atoms. The summed E-state index contributed by atoms with van der Waals surface area (Å²) in [4.78, 5) is 49.6. The van der Waals surface area contributed by atoms with Crippen LogP contribution in [-0.2, 0) is 36.0 Å². The van der Waals surface area contributed by atoms with Gasteiger partial charge in [-0.25, -0.2) is 9.59 Å². The maximum atomic E-state index is 13.2. The lowest BCUT2D eigenvalue weighted by atomic mass is 9.80. The fraction of sp³-hybridized carbons (Fsp3) is 0.391. The first-order valence-electron chi connectivity index (χ1n) is 19.9. The Bertz CT molecular complexity index is 1860. The molecule has 316 valence electrons. The number of anilines is 1. The fourth-order valence-electron chi connectivity index (χ4n) is 6.47. The highest BCUT2D eigenvalue weighted by molar-refractivity contribution is 5.95. The quantitative estimate of drug-likeness (QED) is 0.0421. The van der Waals surface area contributed by atoms with Gasteiger partial charge in [-0.05, 0) is 77.4 Å². The average Bonchev–Trinajstić information content (AvgIpc) is 3.25. The molecule has 13 heteroatoms. The minimum atomic E-state index is -0.963. The fourth-order valence-corrected chi connectivity index (χ4v) is 6.47. The maximum Gasteiger partial charge on any atom is 0.407 e. The molecule has 0 aromatic heterocycles. The summed E-state index contributed by atoms with van der Waals surface area (Å²) in [6.07, 6.45) is 0.409. The molecule has 2 atom stereocenters. The van der Waals surface area contributed by atoms with Gasteiger partial charge in [-0.1, -0.05) is 87.5 Å². The molecule has 0 aliphatic rings. The Morgan fingerprint density at radius 3 is 1.85 bits per heavy atom. The Kier molecular flexibility index (Phi) is 18.2. The smallest absolute Gasteiger partial charge is 0.407 e. The van der Waals surface area contributed by atoms with E-state index in [0.29, 0.717) is 25.1 Å². The summed E-state index contributed by atoms with van der Waals surface area (Å²) in [6, 6.07) is 31.9. The first-order chi connectivity index (χ1) is 28.5. The summed E-state index contributed by atoms with van der Waals surface area (Å²) in [5, 5.41) is 8.11. The molecule has 59 heavy (non-hydrogen) atoms. The second kappa shape index (κ2) is 23.5. The van der Waals surface area contributed by atoms with Crippen LogP contribution in [0, 0.1) is 17.8 Å². The lowest BCUT2D eigenvalue weighted by Gasteiger charge is -2.36. The number of rotatable bonds is 24. The standard InChI is InChI=1S/C46H58N4O9/c1-32(2)33(3)42(51)30-35(10-9-25-48-44(47)53)43(52)50-39-19-13-34(14-20-39)31-58-45(54)49-26-27-57-28-29-59-46(36-11-7-6-8-12-36,37-15-21-40(55-4)22-16-37)38-17-23-41(56-5)24-18-38/h6-8,11-24,32-33,35H,9-10,25-31H2,1-5H3,(H,49,54)(H,50,52)(H3,47,48,53)/t33-,35+/m0/s1. The molecule has 0 fully saturated rings. The predicted molar refractivity (Wildman–Crippen MR) is 226 cm³/mol. The van der Waals surface area contributed by atoms with Gasteiger partial charge in [-0.3, -0.25) is 9.59 Å². The Morgan fingerprint density at radius 1 is 0.695 bits per heavy atom. The van der Waals surface area contributed by atoms with E-state index in [2.05, 4.69) is 16.0 Å². The normalized spacial score (nSPS) is 12.2. The molecule has 5 N–H and O–H groups in total. The van der Waals surface area contributed by atoms with Gasteiger partial charge in [0.15, 0.2) is 0 Å². The molecule has 4 aromatic carbocycles. The highest BCUT2D eigenvalue weighted by atomic mass is 16.6. The van der Waals surface area contributed by atoms with E-state index >= 15 is 0 Å². The number of ether oxygens (including phenoxy) is 5. The first-order valence-corrected chi connectivity index (χ1v) is 19.9. The minimum absolute atomic E-state index is 0.0180. The second-order valence-electron chi connectivity index (χ2n) is 14.5. The molecule has 0 radical (unpaired) electrons. The largest absolute Gasteiger partial charge is 0.497 e. The Hall–Kier alpha value is -5.92. The molecule has 0 aliphatic carbocycles. The van der Waals surface area contributed by atoms with Gasteiger partial charge in [0.2, 0.25) is 5.91 Å². The summed E-state index contributed by atoms with van der Waals surface area (Å²) >= 11 is 0. The zero-order valence-corrected chi connectivity index (χ0v) is 34.7. The van der Waals surface area contributed by atoms with Crippen LogP contribution in [-0.4, -0.2) is 70.9 Å². The minimum Gasteiger partial charge on any atom is -0.497 e. The van der Waals surface area contributed by atoms with E-state index in [4.69, 9.17) is 29.4 Å². The van der Waals surface area contributed by atoms with E-state index in [-0.39, 0.29) is 62.9 Å². The number of primary amides is 1. The van der Waals surface area contributed by atoms with E-state index in [0.717, 1.165) is 33.8 Å². The van der Waals surface area contributed by atoms with Crippen molar-refractivity contribution in [2.24, 2.45) is 23.5 Å². The molecule has 13 nitrogen and oxygen atoms in total. The van der Waals surface area contributed by atoms with Crippen molar-refractivity contribution in [2.75, 3.05) is 52.4 Å². The van der Waals surface area contributed by atoms with Crippen molar-refractivity contribution in [2.45, 2.75) is 52.2 Å². The van der Waals surface area contributed by atoms with Crippen molar-refractivity contribution in [3.8, 4) is 11.5 Å². The van der Waals surface area contributed by atoms with E-state index in [1.165, 1.54) is 0 Å². The van der Waals surface area contributed by atoms with E-state index in [1.54, 1.807) is 38.5 Å². The van der Waals surface area contributed by atoms with Gasteiger partial charge in [0.05, 0.1) is 34.0 Å². The molecular formula is C46H58N4O9. The third-order valence-corrected chi connectivity index (χ3v) is 10.2. The predicted octanol–water partition coefficient (Wildman–Crippen LogP) is 7.21. The van der Waals surface area contributed by atoms with Crippen LogP contribution in [0.5, 0.6) is 11.5 Å². The van der Waals surface area contributed by atoms with Gasteiger partial charge in [0.1, 0.15) is 29.5 Å². The van der Waals surface area contributed by atoms with Crippen LogP contribution >= 0.6 is 0 Å². The number of nitrogens with two attached hydrogens (primary N) is 1. The van der Waals surface area contributed by atoms with Crippen LogP contribution in [0.2, 0.25) is 0 Å². The van der Waals surface area contributed by atoms with Gasteiger partial charge < -0.3 is 45.4 Å². The number of methoxy groups -OCH3 is 2. The number of ketones is 1. The topological polar surface area (TPSA) is 177 Å². The number of alkyl carbamates (subject to hydrolysis) is 1. The molecule has 0 unspecified atom stereocenters. The van der Waals surface area contributed by atoms with E-state index in [1.807, 2.05) is 99.6 Å². The monoisotopic (exact) mass is 810 g/mol. The molecule has 4 rings (SSSR count). The third kappa shape index (κ3) is 13.9. The number of hydrogen-bond donors (Lipinski definition) is 4. The number of urea groups is 1. The summed E-state index contributed by atoms with van der Waals surface area (Å²) in [6.45, 7) is 7.12. The molecule has 0 saturated heterocycles. The number of Topliss-reactive ketones (excluding diaryl/α,β-unsaturated/α-hetero) is 1. The van der Waals surface area contributed by atoms with Gasteiger partial charge >= 0.3 is 12.1 Å². The Balaban J connectivity index is 1.25.